The largest absolute Gasteiger partial charge is 0.456 e. The molecule has 0 amide bonds. The highest BCUT2D eigenvalue weighted by Gasteiger charge is 2.19. The molecule has 18 heavy (non-hydrogen) atoms. The molecule has 2 heterocycles. The van der Waals surface area contributed by atoms with E-state index < -0.39 is 0 Å². The SMILES string of the molecule is CC1=C(C(=O)OCc2sccc2C)CNC(=S)N1. The Balaban J connectivity index is 1.98. The van der Waals surface area contributed by atoms with Crippen LogP contribution < -0.4 is 10.6 Å². The smallest absolute Gasteiger partial charge is 0.337 e. The monoisotopic (exact) mass is 282 g/mol. The van der Waals surface area contributed by atoms with Gasteiger partial charge in [0.2, 0.25) is 0 Å². The van der Waals surface area contributed by atoms with Crippen LogP contribution in [-0.4, -0.2) is 17.6 Å². The van der Waals surface area contributed by atoms with Gasteiger partial charge in [0.05, 0.1) is 12.1 Å². The van der Waals surface area contributed by atoms with Crippen LogP contribution in [0.1, 0.15) is 17.4 Å². The molecule has 1 aliphatic heterocycles. The Bertz CT molecular complexity index is 520. The van der Waals surface area contributed by atoms with Crippen molar-refractivity contribution >= 4 is 34.6 Å². The van der Waals surface area contributed by atoms with Gasteiger partial charge in [-0.25, -0.2) is 4.79 Å². The molecule has 0 spiro atoms. The number of thiocarbonyl (C=S) groups is 1. The number of aryl methyl sites for hydroxylation is 1. The van der Waals surface area contributed by atoms with Gasteiger partial charge in [-0.2, -0.15) is 0 Å². The molecule has 0 radical (unpaired) electrons. The van der Waals surface area contributed by atoms with E-state index in [4.69, 9.17) is 17.0 Å². The molecular formula is C12H14N2O2S2. The Morgan fingerprint density at radius 2 is 2.33 bits per heavy atom. The van der Waals surface area contributed by atoms with Crippen molar-refractivity contribution in [2.45, 2.75) is 20.5 Å². The van der Waals surface area contributed by atoms with Crippen LogP contribution in [0.3, 0.4) is 0 Å². The molecular weight excluding hydrogens is 268 g/mol. The van der Waals surface area contributed by atoms with Gasteiger partial charge in [0.15, 0.2) is 5.11 Å². The summed E-state index contributed by atoms with van der Waals surface area (Å²) in [6.07, 6.45) is 0. The highest BCUT2D eigenvalue weighted by atomic mass is 32.1. The van der Waals surface area contributed by atoms with E-state index in [2.05, 4.69) is 10.6 Å². The molecule has 0 saturated heterocycles. The average molecular weight is 282 g/mol. The van der Waals surface area contributed by atoms with E-state index in [9.17, 15) is 4.79 Å². The van der Waals surface area contributed by atoms with Crippen LogP contribution in [0, 0.1) is 6.92 Å². The second kappa shape index (κ2) is 5.49. The Morgan fingerprint density at radius 3 is 2.94 bits per heavy atom. The molecule has 0 fully saturated rings. The zero-order valence-corrected chi connectivity index (χ0v) is 11.8. The van der Waals surface area contributed by atoms with Crippen molar-refractivity contribution in [3.63, 3.8) is 0 Å². The topological polar surface area (TPSA) is 50.4 Å². The summed E-state index contributed by atoms with van der Waals surface area (Å²) in [5.41, 5.74) is 2.50. The van der Waals surface area contributed by atoms with Gasteiger partial charge in [-0.15, -0.1) is 11.3 Å². The lowest BCUT2D eigenvalue weighted by atomic mass is 10.2. The predicted octanol–water partition coefficient (Wildman–Crippen LogP) is 1.85. The molecule has 2 N–H and O–H groups in total. The van der Waals surface area contributed by atoms with Gasteiger partial charge in [0.1, 0.15) is 6.61 Å². The van der Waals surface area contributed by atoms with Crippen LogP contribution in [0.5, 0.6) is 0 Å². The Labute approximate surface area is 115 Å². The van der Waals surface area contributed by atoms with Gasteiger partial charge in [-0.05, 0) is 43.1 Å². The van der Waals surface area contributed by atoms with Crippen LogP contribution >= 0.6 is 23.6 Å². The Kier molecular flexibility index (Phi) is 3.98. The number of hydrogen-bond donors (Lipinski definition) is 2. The van der Waals surface area contributed by atoms with E-state index in [1.807, 2.05) is 25.3 Å². The third-order valence-electron chi connectivity index (χ3n) is 2.73. The lowest BCUT2D eigenvalue weighted by molar-refractivity contribution is -0.140. The fraction of sp³-hybridized carbons (Fsp3) is 0.333. The van der Waals surface area contributed by atoms with Gasteiger partial charge >= 0.3 is 5.97 Å². The molecule has 0 aliphatic carbocycles. The molecule has 1 aromatic rings. The summed E-state index contributed by atoms with van der Waals surface area (Å²) >= 11 is 6.56. The number of hydrogen-bond acceptors (Lipinski definition) is 4. The minimum atomic E-state index is -0.303. The maximum atomic E-state index is 11.9. The van der Waals surface area contributed by atoms with Crippen LogP contribution in [0.4, 0.5) is 0 Å². The van der Waals surface area contributed by atoms with Crippen LogP contribution in [0.25, 0.3) is 0 Å². The first-order valence-corrected chi connectivity index (χ1v) is 6.81. The number of ether oxygens (including phenoxy) is 1. The number of allylic oxidation sites excluding steroid dienone is 1. The third-order valence-corrected chi connectivity index (χ3v) is 3.97. The molecule has 0 bridgehead atoms. The van der Waals surface area contributed by atoms with Crippen LogP contribution in [-0.2, 0) is 16.1 Å². The van der Waals surface area contributed by atoms with Crippen molar-refractivity contribution in [1.82, 2.24) is 10.6 Å². The minimum Gasteiger partial charge on any atom is -0.456 e. The van der Waals surface area contributed by atoms with Crippen LogP contribution in [0.15, 0.2) is 22.7 Å². The van der Waals surface area contributed by atoms with E-state index in [-0.39, 0.29) is 5.97 Å². The van der Waals surface area contributed by atoms with Crippen molar-refractivity contribution < 1.29 is 9.53 Å². The summed E-state index contributed by atoms with van der Waals surface area (Å²) in [4.78, 5) is 13.0. The molecule has 1 aromatic heterocycles. The summed E-state index contributed by atoms with van der Waals surface area (Å²) in [5, 5.41) is 8.36. The number of nitrogens with one attached hydrogen (secondary N) is 2. The highest BCUT2D eigenvalue weighted by Crippen LogP contribution is 2.17. The minimum absolute atomic E-state index is 0.303. The van der Waals surface area contributed by atoms with Gasteiger partial charge < -0.3 is 15.4 Å². The third kappa shape index (κ3) is 2.88. The predicted molar refractivity (Wildman–Crippen MR) is 75.3 cm³/mol. The molecule has 0 atom stereocenters. The van der Waals surface area contributed by atoms with Crippen molar-refractivity contribution in [1.29, 1.82) is 0 Å². The van der Waals surface area contributed by atoms with E-state index in [1.165, 1.54) is 0 Å². The fourth-order valence-corrected chi connectivity index (χ4v) is 2.63. The van der Waals surface area contributed by atoms with Crippen molar-refractivity contribution in [3.8, 4) is 0 Å². The molecule has 4 nitrogen and oxygen atoms in total. The Hall–Kier alpha value is -1.40. The van der Waals surface area contributed by atoms with E-state index >= 15 is 0 Å². The first-order chi connectivity index (χ1) is 8.58. The first-order valence-electron chi connectivity index (χ1n) is 5.52. The first kappa shape index (κ1) is 13.0. The van der Waals surface area contributed by atoms with Gasteiger partial charge in [0.25, 0.3) is 0 Å². The molecule has 96 valence electrons. The van der Waals surface area contributed by atoms with E-state index in [0.717, 1.165) is 16.1 Å². The van der Waals surface area contributed by atoms with E-state index in [0.29, 0.717) is 23.8 Å². The van der Waals surface area contributed by atoms with E-state index in [1.54, 1.807) is 11.3 Å². The fourth-order valence-electron chi connectivity index (χ4n) is 1.59. The second-order valence-corrected chi connectivity index (χ2v) is 5.42. The number of esters is 1. The van der Waals surface area contributed by atoms with Crippen molar-refractivity contribution in [2.75, 3.05) is 6.54 Å². The van der Waals surface area contributed by atoms with Gasteiger partial charge in [-0.3, -0.25) is 0 Å². The molecule has 1 aliphatic rings. The standard InChI is InChI=1S/C12H14N2O2S2/c1-7-3-4-18-10(7)6-16-11(15)9-5-13-12(17)14-8(9)2/h3-4H,5-6H2,1-2H3,(H2,13,14,17). The average Bonchev–Trinajstić information content (AvgIpc) is 2.72. The molecule has 0 aromatic carbocycles. The molecule has 6 heteroatoms. The van der Waals surface area contributed by atoms with Gasteiger partial charge in [-0.1, -0.05) is 0 Å². The van der Waals surface area contributed by atoms with Crippen LogP contribution in [0.2, 0.25) is 0 Å². The highest BCUT2D eigenvalue weighted by molar-refractivity contribution is 7.80. The lowest BCUT2D eigenvalue weighted by Crippen LogP contribution is -2.42. The number of carbonyl (C=O) groups excluding carboxylic acids is 1. The quantitative estimate of drug-likeness (QED) is 0.654. The van der Waals surface area contributed by atoms with Gasteiger partial charge in [0, 0.05) is 10.6 Å². The Morgan fingerprint density at radius 1 is 1.56 bits per heavy atom. The summed E-state index contributed by atoms with van der Waals surface area (Å²) in [7, 11) is 0. The number of thiophene rings is 1. The summed E-state index contributed by atoms with van der Waals surface area (Å²) in [5.74, 6) is -0.303. The zero-order chi connectivity index (χ0) is 13.1. The summed E-state index contributed by atoms with van der Waals surface area (Å²) < 4.78 is 5.30. The molecule has 0 saturated carbocycles. The molecule has 0 unspecified atom stereocenters. The lowest BCUT2D eigenvalue weighted by Gasteiger charge is -2.20. The summed E-state index contributed by atoms with van der Waals surface area (Å²) in [6, 6.07) is 2.01. The maximum absolute atomic E-state index is 11.9. The second-order valence-electron chi connectivity index (χ2n) is 4.01. The summed E-state index contributed by atoms with van der Waals surface area (Å²) in [6.45, 7) is 4.57. The number of rotatable bonds is 3. The number of carbonyl (C=O) groups is 1. The zero-order valence-electron chi connectivity index (χ0n) is 10.2. The van der Waals surface area contributed by atoms with Crippen molar-refractivity contribution in [2.24, 2.45) is 0 Å². The maximum Gasteiger partial charge on any atom is 0.337 e. The molecule has 2 rings (SSSR count). The normalized spacial score (nSPS) is 15.1. The van der Waals surface area contributed by atoms with Crippen molar-refractivity contribution in [3.05, 3.63) is 33.2 Å².